The fourth-order valence-corrected chi connectivity index (χ4v) is 3.66. The largest absolute Gasteiger partial charge is 0.508 e. The molecule has 2 unspecified atom stereocenters. The van der Waals surface area contributed by atoms with E-state index in [1.165, 1.54) is 11.1 Å². The Morgan fingerprint density at radius 2 is 1.32 bits per heavy atom. The van der Waals surface area contributed by atoms with E-state index in [1.807, 2.05) is 18.2 Å². The van der Waals surface area contributed by atoms with Crippen molar-refractivity contribution in [2.75, 3.05) is 0 Å². The Morgan fingerprint density at radius 1 is 0.800 bits per heavy atom. The molecule has 0 heterocycles. The first-order valence-corrected chi connectivity index (χ1v) is 9.39. The molecule has 2 aromatic carbocycles. The maximum absolute atomic E-state index is 10.6. The Balaban J connectivity index is 2.73. The van der Waals surface area contributed by atoms with Crippen molar-refractivity contribution in [1.82, 2.24) is 0 Å². The Labute approximate surface area is 152 Å². The van der Waals surface area contributed by atoms with Crippen LogP contribution in [0.4, 0.5) is 0 Å². The number of phenols is 2. The molecule has 0 aromatic heterocycles. The molecule has 0 amide bonds. The van der Waals surface area contributed by atoms with Crippen LogP contribution in [0.3, 0.4) is 0 Å². The van der Waals surface area contributed by atoms with E-state index in [4.69, 9.17) is 0 Å². The summed E-state index contributed by atoms with van der Waals surface area (Å²) in [6.45, 7) is 13.3. The molecule has 0 saturated carbocycles. The molecule has 0 spiro atoms. The van der Waals surface area contributed by atoms with Crippen LogP contribution in [-0.2, 0) is 5.41 Å². The highest BCUT2D eigenvalue weighted by Crippen LogP contribution is 2.44. The number of aromatic hydroxyl groups is 2. The molecule has 0 aliphatic heterocycles. The third kappa shape index (κ3) is 3.68. The van der Waals surface area contributed by atoms with E-state index >= 15 is 0 Å². The monoisotopic (exact) mass is 340 g/mol. The molecule has 0 saturated heterocycles. The summed E-state index contributed by atoms with van der Waals surface area (Å²) in [4.78, 5) is 0. The van der Waals surface area contributed by atoms with Crippen LogP contribution >= 0.6 is 0 Å². The van der Waals surface area contributed by atoms with E-state index in [9.17, 15) is 10.2 Å². The first-order valence-electron chi connectivity index (χ1n) is 9.39. The van der Waals surface area contributed by atoms with Gasteiger partial charge in [0.2, 0.25) is 0 Å². The molecule has 2 aromatic rings. The van der Waals surface area contributed by atoms with Crippen LogP contribution in [0.2, 0.25) is 0 Å². The van der Waals surface area contributed by atoms with Gasteiger partial charge in [-0.15, -0.1) is 0 Å². The molecule has 0 radical (unpaired) electrons. The smallest absolute Gasteiger partial charge is 0.119 e. The summed E-state index contributed by atoms with van der Waals surface area (Å²) < 4.78 is 0. The molecular formula is C23H32O2. The Bertz CT molecular complexity index is 714. The molecule has 25 heavy (non-hydrogen) atoms. The molecule has 0 aliphatic rings. The second kappa shape index (κ2) is 7.51. The summed E-state index contributed by atoms with van der Waals surface area (Å²) >= 11 is 0. The van der Waals surface area contributed by atoms with Crippen molar-refractivity contribution in [3.8, 4) is 11.5 Å². The van der Waals surface area contributed by atoms with Crippen LogP contribution in [0.25, 0.3) is 0 Å². The highest BCUT2D eigenvalue weighted by molar-refractivity contribution is 5.53. The highest BCUT2D eigenvalue weighted by atomic mass is 16.3. The van der Waals surface area contributed by atoms with Crippen LogP contribution in [0.1, 0.15) is 88.5 Å². The maximum Gasteiger partial charge on any atom is 0.119 e. The molecule has 0 bridgehead atoms. The standard InChI is InChI=1S/C23H32O2/c1-7-15(3)21-19(13-14-20(25)22(21)16(4)8-2)23(5,6)17-9-11-18(24)12-10-17/h9-16,24-25H,7-8H2,1-6H3. The van der Waals surface area contributed by atoms with E-state index in [-0.39, 0.29) is 11.2 Å². The number of rotatable bonds is 6. The van der Waals surface area contributed by atoms with Gasteiger partial charge < -0.3 is 10.2 Å². The van der Waals surface area contributed by atoms with Gasteiger partial charge >= 0.3 is 0 Å². The summed E-state index contributed by atoms with van der Waals surface area (Å²) in [7, 11) is 0. The molecular weight excluding hydrogens is 308 g/mol. The van der Waals surface area contributed by atoms with E-state index in [0.29, 0.717) is 17.6 Å². The summed E-state index contributed by atoms with van der Waals surface area (Å²) in [6, 6.07) is 11.4. The van der Waals surface area contributed by atoms with E-state index in [0.717, 1.165) is 24.0 Å². The average molecular weight is 341 g/mol. The van der Waals surface area contributed by atoms with E-state index < -0.39 is 0 Å². The molecule has 2 heteroatoms. The topological polar surface area (TPSA) is 40.5 Å². The van der Waals surface area contributed by atoms with Gasteiger partial charge in [-0.2, -0.15) is 0 Å². The first kappa shape index (κ1) is 19.4. The van der Waals surface area contributed by atoms with Gasteiger partial charge in [0.15, 0.2) is 0 Å². The molecule has 2 nitrogen and oxygen atoms in total. The third-order valence-electron chi connectivity index (χ3n) is 5.74. The molecule has 0 aliphatic carbocycles. The van der Waals surface area contributed by atoms with Gasteiger partial charge in [-0.3, -0.25) is 0 Å². The summed E-state index contributed by atoms with van der Waals surface area (Å²) in [5.41, 5.74) is 4.61. The predicted molar refractivity (Wildman–Crippen MR) is 106 cm³/mol. The van der Waals surface area contributed by atoms with E-state index in [1.54, 1.807) is 12.1 Å². The minimum atomic E-state index is -0.206. The zero-order valence-electron chi connectivity index (χ0n) is 16.4. The summed E-state index contributed by atoms with van der Waals surface area (Å²) in [5, 5.41) is 20.2. The number of benzene rings is 2. The van der Waals surface area contributed by atoms with Gasteiger partial charge in [-0.1, -0.05) is 59.7 Å². The zero-order chi connectivity index (χ0) is 18.8. The van der Waals surface area contributed by atoms with Gasteiger partial charge in [0, 0.05) is 11.0 Å². The Hall–Kier alpha value is -1.96. The molecule has 136 valence electrons. The normalized spacial score (nSPS) is 14.3. The lowest BCUT2D eigenvalue weighted by molar-refractivity contribution is 0.456. The van der Waals surface area contributed by atoms with Crippen molar-refractivity contribution in [2.24, 2.45) is 0 Å². The van der Waals surface area contributed by atoms with Crippen molar-refractivity contribution >= 4 is 0 Å². The van der Waals surface area contributed by atoms with Crippen LogP contribution < -0.4 is 0 Å². The second-order valence-electron chi connectivity index (χ2n) is 7.75. The van der Waals surface area contributed by atoms with Gasteiger partial charge in [0.05, 0.1) is 0 Å². The molecule has 0 fully saturated rings. The lowest BCUT2D eigenvalue weighted by atomic mass is 9.71. The number of hydrogen-bond acceptors (Lipinski definition) is 2. The highest BCUT2D eigenvalue weighted by Gasteiger charge is 2.30. The summed E-state index contributed by atoms with van der Waals surface area (Å²) in [6.07, 6.45) is 2.03. The fourth-order valence-electron chi connectivity index (χ4n) is 3.66. The van der Waals surface area contributed by atoms with Crippen molar-refractivity contribution in [2.45, 2.75) is 71.6 Å². The van der Waals surface area contributed by atoms with Gasteiger partial charge in [-0.05, 0) is 59.6 Å². The minimum Gasteiger partial charge on any atom is -0.508 e. The van der Waals surface area contributed by atoms with Crippen molar-refractivity contribution in [1.29, 1.82) is 0 Å². The van der Waals surface area contributed by atoms with Crippen molar-refractivity contribution in [3.63, 3.8) is 0 Å². The fraction of sp³-hybridized carbons (Fsp3) is 0.478. The van der Waals surface area contributed by atoms with Crippen molar-refractivity contribution in [3.05, 3.63) is 58.7 Å². The molecule has 2 rings (SSSR count). The minimum absolute atomic E-state index is 0.206. The first-order chi connectivity index (χ1) is 11.7. The van der Waals surface area contributed by atoms with Crippen LogP contribution in [0.5, 0.6) is 11.5 Å². The lowest BCUT2D eigenvalue weighted by Crippen LogP contribution is -2.23. The van der Waals surface area contributed by atoms with Crippen molar-refractivity contribution < 1.29 is 10.2 Å². The van der Waals surface area contributed by atoms with Crippen LogP contribution in [0.15, 0.2) is 36.4 Å². The quantitative estimate of drug-likeness (QED) is 0.634. The number of phenolic OH excluding ortho intramolecular Hbond substituents is 2. The maximum atomic E-state index is 10.6. The van der Waals surface area contributed by atoms with E-state index in [2.05, 4.69) is 47.6 Å². The summed E-state index contributed by atoms with van der Waals surface area (Å²) in [5.74, 6) is 1.39. The van der Waals surface area contributed by atoms with Crippen LogP contribution in [0, 0.1) is 0 Å². The Morgan fingerprint density at radius 3 is 1.84 bits per heavy atom. The zero-order valence-corrected chi connectivity index (χ0v) is 16.4. The van der Waals surface area contributed by atoms with Gasteiger partial charge in [0.25, 0.3) is 0 Å². The third-order valence-corrected chi connectivity index (χ3v) is 5.74. The SMILES string of the molecule is CCC(C)c1c(O)ccc(C(C)(C)c2ccc(O)cc2)c1C(C)CC. The molecule has 2 N–H and O–H groups in total. The second-order valence-corrected chi connectivity index (χ2v) is 7.75. The van der Waals surface area contributed by atoms with Gasteiger partial charge in [0.1, 0.15) is 11.5 Å². The average Bonchev–Trinajstić information content (AvgIpc) is 2.60. The Kier molecular flexibility index (Phi) is 5.82. The van der Waals surface area contributed by atoms with Crippen LogP contribution in [-0.4, -0.2) is 10.2 Å². The van der Waals surface area contributed by atoms with Gasteiger partial charge in [-0.25, -0.2) is 0 Å². The molecule has 2 atom stereocenters. The number of hydrogen-bond donors (Lipinski definition) is 2. The predicted octanol–water partition coefficient (Wildman–Crippen LogP) is 6.45. The lowest BCUT2D eigenvalue weighted by Gasteiger charge is -2.33.